The van der Waals surface area contributed by atoms with Crippen LogP contribution in [0.25, 0.3) is 0 Å². The molecule has 1 aromatic rings. The van der Waals surface area contributed by atoms with Crippen LogP contribution in [-0.2, 0) is 59.2 Å². The zero-order valence-electron chi connectivity index (χ0n) is 38.7. The SMILES string of the molecule is CC[C@H](C)[C@@H]1NC(=O)[C@H](Cc2ccccc2)NC(=O)[C@@H](N)CSSC[C@@H](C(=O)N2CCC[C@H]2C(=O)N[C@@H](CC(C)C)C(=O)NCC(N)=O)NC(=O)[C@H](CC(N)=O)NC(=O)[C@H](CCC(N)=O)NC1=O. The Morgan fingerprint density at radius 2 is 1.38 bits per heavy atom. The molecule has 11 amide bonds. The van der Waals surface area contributed by atoms with E-state index in [2.05, 4.69) is 37.2 Å². The summed E-state index contributed by atoms with van der Waals surface area (Å²) in [5.41, 5.74) is 23.1. The van der Waals surface area contributed by atoms with Crippen molar-refractivity contribution >= 4 is 86.6 Å². The van der Waals surface area contributed by atoms with E-state index in [4.69, 9.17) is 22.9 Å². The molecule has 2 fully saturated rings. The monoisotopic (exact) mass is 990 g/mol. The van der Waals surface area contributed by atoms with Gasteiger partial charge in [-0.2, -0.15) is 0 Å². The molecular weight excluding hydrogens is 925 g/mol. The van der Waals surface area contributed by atoms with E-state index in [0.29, 0.717) is 18.4 Å². The summed E-state index contributed by atoms with van der Waals surface area (Å²) >= 11 is 0. The number of hydrogen-bond donors (Lipinski definition) is 11. The highest BCUT2D eigenvalue weighted by Gasteiger charge is 2.41. The molecule has 23 nitrogen and oxygen atoms in total. The summed E-state index contributed by atoms with van der Waals surface area (Å²) in [5.74, 6) is -10.00. The predicted octanol–water partition coefficient (Wildman–Crippen LogP) is -3.31. The van der Waals surface area contributed by atoms with E-state index in [1.54, 1.807) is 44.2 Å². The van der Waals surface area contributed by atoms with Gasteiger partial charge < -0.3 is 65.1 Å². The van der Waals surface area contributed by atoms with E-state index in [0.717, 1.165) is 21.6 Å². The second-order valence-electron chi connectivity index (χ2n) is 17.2. The maximum atomic E-state index is 14.5. The fourth-order valence-electron chi connectivity index (χ4n) is 7.33. The lowest BCUT2D eigenvalue weighted by Crippen LogP contribution is -2.61. The molecule has 0 spiro atoms. The summed E-state index contributed by atoms with van der Waals surface area (Å²) in [5, 5.41) is 18.0. The molecule has 0 bridgehead atoms. The Bertz CT molecular complexity index is 2000. The Labute approximate surface area is 402 Å². The first kappa shape index (κ1) is 56.4. The minimum absolute atomic E-state index is 0.00659. The number of rotatable bonds is 17. The highest BCUT2D eigenvalue weighted by atomic mass is 33.1. The van der Waals surface area contributed by atoms with Crippen LogP contribution in [0.5, 0.6) is 0 Å². The van der Waals surface area contributed by atoms with Crippen LogP contribution in [0, 0.1) is 11.8 Å². The van der Waals surface area contributed by atoms with Crippen LogP contribution < -0.4 is 60.2 Å². The molecule has 2 saturated heterocycles. The summed E-state index contributed by atoms with van der Waals surface area (Å²) in [6, 6.07) is -1.87. The number of benzene rings is 1. The van der Waals surface area contributed by atoms with Gasteiger partial charge in [-0.3, -0.25) is 52.7 Å². The Kier molecular flexibility index (Phi) is 23.0. The van der Waals surface area contributed by atoms with Crippen LogP contribution in [0.1, 0.15) is 78.2 Å². The molecule has 0 radical (unpaired) electrons. The van der Waals surface area contributed by atoms with E-state index < -0.39 is 139 Å². The van der Waals surface area contributed by atoms with Crippen LogP contribution in [0.4, 0.5) is 0 Å². The van der Waals surface area contributed by atoms with Crippen molar-refractivity contribution in [2.45, 2.75) is 127 Å². The van der Waals surface area contributed by atoms with Gasteiger partial charge in [0.05, 0.1) is 19.0 Å². The second-order valence-corrected chi connectivity index (χ2v) is 19.8. The highest BCUT2D eigenvalue weighted by molar-refractivity contribution is 8.76. The van der Waals surface area contributed by atoms with E-state index in [1.807, 2.05) is 13.8 Å². The number of carbonyl (C=O) groups is 11. The maximum Gasteiger partial charge on any atom is 0.246 e. The van der Waals surface area contributed by atoms with Gasteiger partial charge in [-0.25, -0.2) is 0 Å². The van der Waals surface area contributed by atoms with E-state index in [1.165, 1.54) is 4.90 Å². The summed E-state index contributed by atoms with van der Waals surface area (Å²) in [7, 11) is 2.09. The molecule has 3 rings (SSSR count). The summed E-state index contributed by atoms with van der Waals surface area (Å²) in [6.07, 6.45) is -0.468. The molecule has 0 aliphatic carbocycles. The van der Waals surface area contributed by atoms with Gasteiger partial charge in [-0.05, 0) is 43.1 Å². The number of nitrogens with one attached hydrogen (secondary N) is 7. The minimum Gasteiger partial charge on any atom is -0.370 e. The Hall–Kier alpha value is -5.95. The fourth-order valence-corrected chi connectivity index (χ4v) is 9.60. The zero-order valence-corrected chi connectivity index (χ0v) is 40.3. The van der Waals surface area contributed by atoms with Crippen LogP contribution in [-0.4, -0.2) is 143 Å². The van der Waals surface area contributed by atoms with Crippen molar-refractivity contribution in [2.24, 2.45) is 34.8 Å². The van der Waals surface area contributed by atoms with Gasteiger partial charge >= 0.3 is 0 Å². The molecule has 1 aromatic carbocycles. The number of primary amides is 3. The average molecular weight is 991 g/mol. The van der Waals surface area contributed by atoms with Crippen molar-refractivity contribution in [1.29, 1.82) is 0 Å². The minimum atomic E-state index is -1.74. The first-order chi connectivity index (χ1) is 32.1. The molecule has 2 heterocycles. The van der Waals surface area contributed by atoms with E-state index in [9.17, 15) is 52.7 Å². The molecule has 2 aliphatic rings. The number of carbonyl (C=O) groups excluding carboxylic acids is 11. The molecule has 376 valence electrons. The zero-order chi connectivity index (χ0) is 50.7. The third-order valence-electron chi connectivity index (χ3n) is 11.2. The summed E-state index contributed by atoms with van der Waals surface area (Å²) in [6.45, 7) is 6.68. The lowest BCUT2D eigenvalue weighted by Gasteiger charge is -2.31. The fraction of sp³-hybridized carbons (Fsp3) is 0.605. The van der Waals surface area contributed by atoms with E-state index in [-0.39, 0.29) is 49.7 Å². The van der Waals surface area contributed by atoms with Crippen LogP contribution in [0.2, 0.25) is 0 Å². The number of likely N-dealkylation sites (tertiary alicyclic amines) is 1. The predicted molar refractivity (Wildman–Crippen MR) is 253 cm³/mol. The Morgan fingerprint density at radius 3 is 2.00 bits per heavy atom. The first-order valence-electron chi connectivity index (χ1n) is 22.4. The van der Waals surface area contributed by atoms with Gasteiger partial charge in [0.1, 0.15) is 42.3 Å². The lowest BCUT2D eigenvalue weighted by molar-refractivity contribution is -0.142. The highest BCUT2D eigenvalue weighted by Crippen LogP contribution is 2.26. The molecule has 15 N–H and O–H groups in total. The van der Waals surface area contributed by atoms with Gasteiger partial charge in [0.25, 0.3) is 0 Å². The Balaban J connectivity index is 2.04. The van der Waals surface area contributed by atoms with Gasteiger partial charge in [-0.15, -0.1) is 0 Å². The second kappa shape index (κ2) is 27.8. The molecular formula is C43H66N12O11S2. The van der Waals surface area contributed by atoms with Gasteiger partial charge in [-0.1, -0.05) is 86.0 Å². The van der Waals surface area contributed by atoms with Crippen LogP contribution >= 0.6 is 21.6 Å². The van der Waals surface area contributed by atoms with Gasteiger partial charge in [0, 0.05) is 30.9 Å². The maximum absolute atomic E-state index is 14.5. The quantitative estimate of drug-likeness (QED) is 0.0682. The molecule has 0 unspecified atom stereocenters. The molecule has 0 aromatic heterocycles. The van der Waals surface area contributed by atoms with Crippen molar-refractivity contribution in [3.05, 3.63) is 35.9 Å². The van der Waals surface area contributed by atoms with Crippen LogP contribution in [0.3, 0.4) is 0 Å². The normalized spacial score (nSPS) is 24.5. The van der Waals surface area contributed by atoms with Gasteiger partial charge in [0.15, 0.2) is 0 Å². The lowest BCUT2D eigenvalue weighted by atomic mass is 9.96. The van der Waals surface area contributed by atoms with Crippen molar-refractivity contribution in [3.63, 3.8) is 0 Å². The van der Waals surface area contributed by atoms with Crippen molar-refractivity contribution in [3.8, 4) is 0 Å². The largest absolute Gasteiger partial charge is 0.370 e. The third kappa shape index (κ3) is 18.3. The first-order valence-corrected chi connectivity index (χ1v) is 24.9. The molecule has 2 aliphatic heterocycles. The number of nitrogens with zero attached hydrogens (tertiary/aromatic N) is 1. The number of amides is 11. The number of hydrogen-bond acceptors (Lipinski definition) is 14. The average Bonchev–Trinajstić information content (AvgIpc) is 3.78. The summed E-state index contributed by atoms with van der Waals surface area (Å²) < 4.78 is 0. The van der Waals surface area contributed by atoms with Crippen molar-refractivity contribution in [2.75, 3.05) is 24.6 Å². The standard InChI is InChI=1S/C43H66N12O11S2/c1-5-23(4)35-42(65)49-26(13-14-32(45)56)38(61)51-29(18-33(46)57)39(62)53-30(21-68-67-20-25(44)36(59)50-28(40(63)54-35)17-24-10-7-6-8-11-24)43(66)55-15-9-12-31(55)41(64)52-27(16-22(2)3)37(60)48-19-34(47)58/h6-8,10-11,22-23,25-31,35H,5,9,12-21,44H2,1-4H3,(H2,45,56)(H2,46,57)(H2,47,58)(H,48,60)(H,49,65)(H,50,59)(H,51,61)(H,52,64)(H,53,62)(H,54,63)/t23-,25-,26-,27-,28-,29-,30-,31-,35-/m0/s1. The van der Waals surface area contributed by atoms with E-state index >= 15 is 0 Å². The van der Waals surface area contributed by atoms with Gasteiger partial charge in [0.2, 0.25) is 65.0 Å². The van der Waals surface area contributed by atoms with Crippen molar-refractivity contribution < 1.29 is 52.7 Å². The molecule has 68 heavy (non-hydrogen) atoms. The third-order valence-corrected chi connectivity index (χ3v) is 13.6. The molecule has 25 heteroatoms. The molecule has 0 saturated carbocycles. The Morgan fingerprint density at radius 1 is 0.765 bits per heavy atom. The van der Waals surface area contributed by atoms with Crippen molar-refractivity contribution in [1.82, 2.24) is 42.1 Å². The topological polar surface area (TPSA) is 379 Å². The summed E-state index contributed by atoms with van der Waals surface area (Å²) in [4.78, 5) is 148. The smallest absolute Gasteiger partial charge is 0.246 e. The number of nitrogens with two attached hydrogens (primary N) is 4. The molecule has 9 atom stereocenters. The van der Waals surface area contributed by atoms with Crippen LogP contribution in [0.15, 0.2) is 30.3 Å².